The minimum Gasteiger partial charge on any atom is -0.496 e. The molecule has 0 aromatic heterocycles. The van der Waals surface area contributed by atoms with Crippen molar-refractivity contribution in [3.05, 3.63) is 72.3 Å². The molecule has 27 heavy (non-hydrogen) atoms. The van der Waals surface area contributed by atoms with Crippen LogP contribution < -0.4 is 9.47 Å². The number of likely N-dealkylation sites (N-methyl/N-ethyl adjacent to an activating group) is 1. The van der Waals surface area contributed by atoms with Gasteiger partial charge in [0.05, 0.1) is 7.11 Å². The van der Waals surface area contributed by atoms with Crippen LogP contribution in [0.4, 0.5) is 0 Å². The maximum absolute atomic E-state index is 12.9. The second-order valence-electron chi connectivity index (χ2n) is 6.53. The number of amides is 1. The summed E-state index contributed by atoms with van der Waals surface area (Å²) in [6.07, 6.45) is 0.0768. The summed E-state index contributed by atoms with van der Waals surface area (Å²) >= 11 is 0. The smallest absolute Gasteiger partial charge is 0.263 e. The standard InChI is InChI=1S/C23H25NO3/c1-4-21(27-20-14-13-17-9-5-6-10-18(17)15-20)23(25)24(2)16-19-11-7-8-12-22(19)26-3/h5-15,21H,4,16H2,1-3H3/t21-/m1/s1. The third-order valence-electron chi connectivity index (χ3n) is 4.62. The first-order valence-electron chi connectivity index (χ1n) is 9.14. The first kappa shape index (κ1) is 18.8. The molecule has 0 fully saturated rings. The van der Waals surface area contributed by atoms with Crippen molar-refractivity contribution in [2.24, 2.45) is 0 Å². The number of benzene rings is 3. The van der Waals surface area contributed by atoms with E-state index in [1.54, 1.807) is 19.1 Å². The van der Waals surface area contributed by atoms with Gasteiger partial charge in [-0.15, -0.1) is 0 Å². The Morgan fingerprint density at radius 2 is 1.70 bits per heavy atom. The molecule has 1 amide bonds. The predicted molar refractivity (Wildman–Crippen MR) is 108 cm³/mol. The molecule has 1 atom stereocenters. The van der Waals surface area contributed by atoms with Crippen LogP contribution in [-0.2, 0) is 11.3 Å². The van der Waals surface area contributed by atoms with Gasteiger partial charge >= 0.3 is 0 Å². The molecule has 0 aliphatic carbocycles. The fourth-order valence-corrected chi connectivity index (χ4v) is 3.13. The molecule has 140 valence electrons. The Bertz CT molecular complexity index is 922. The second kappa shape index (κ2) is 8.58. The number of carbonyl (C=O) groups is 1. The van der Waals surface area contributed by atoms with Gasteiger partial charge in [0, 0.05) is 19.2 Å². The van der Waals surface area contributed by atoms with E-state index in [4.69, 9.17) is 9.47 Å². The molecule has 0 saturated carbocycles. The van der Waals surface area contributed by atoms with Crippen LogP contribution in [0.3, 0.4) is 0 Å². The van der Waals surface area contributed by atoms with E-state index >= 15 is 0 Å². The summed E-state index contributed by atoms with van der Waals surface area (Å²) in [5.74, 6) is 1.44. The molecule has 4 heteroatoms. The van der Waals surface area contributed by atoms with E-state index in [0.717, 1.165) is 22.1 Å². The molecule has 0 spiro atoms. The summed E-state index contributed by atoms with van der Waals surface area (Å²) in [7, 11) is 3.43. The Labute approximate surface area is 160 Å². The highest BCUT2D eigenvalue weighted by atomic mass is 16.5. The summed E-state index contributed by atoms with van der Waals surface area (Å²) in [4.78, 5) is 14.6. The summed E-state index contributed by atoms with van der Waals surface area (Å²) < 4.78 is 11.4. The van der Waals surface area contributed by atoms with Crippen molar-refractivity contribution in [1.29, 1.82) is 0 Å². The van der Waals surface area contributed by atoms with E-state index in [1.807, 2.05) is 67.6 Å². The van der Waals surface area contributed by atoms with Crippen LogP contribution in [-0.4, -0.2) is 31.1 Å². The van der Waals surface area contributed by atoms with E-state index in [2.05, 4.69) is 6.07 Å². The minimum absolute atomic E-state index is 0.0448. The number of hydrogen-bond donors (Lipinski definition) is 0. The predicted octanol–water partition coefficient (Wildman–Crippen LogP) is 4.66. The maximum atomic E-state index is 12.9. The maximum Gasteiger partial charge on any atom is 0.263 e. The highest BCUT2D eigenvalue weighted by molar-refractivity contribution is 5.84. The molecule has 0 aliphatic heterocycles. The Morgan fingerprint density at radius 3 is 2.44 bits per heavy atom. The number of methoxy groups -OCH3 is 1. The minimum atomic E-state index is -0.522. The highest BCUT2D eigenvalue weighted by Crippen LogP contribution is 2.23. The lowest BCUT2D eigenvalue weighted by Gasteiger charge is -2.24. The normalized spacial score (nSPS) is 11.8. The summed E-state index contributed by atoms with van der Waals surface area (Å²) in [6, 6.07) is 21.7. The van der Waals surface area contributed by atoms with Gasteiger partial charge in [-0.05, 0) is 35.4 Å². The molecule has 3 aromatic carbocycles. The molecule has 0 aliphatic rings. The van der Waals surface area contributed by atoms with E-state index in [0.29, 0.717) is 18.7 Å². The van der Waals surface area contributed by atoms with Crippen LogP contribution in [0, 0.1) is 0 Å². The van der Waals surface area contributed by atoms with Crippen molar-refractivity contribution >= 4 is 16.7 Å². The topological polar surface area (TPSA) is 38.8 Å². The number of rotatable bonds is 7. The van der Waals surface area contributed by atoms with Crippen LogP contribution in [0.5, 0.6) is 11.5 Å². The number of fused-ring (bicyclic) bond motifs is 1. The fraction of sp³-hybridized carbons (Fsp3) is 0.261. The zero-order valence-corrected chi connectivity index (χ0v) is 16.0. The van der Waals surface area contributed by atoms with E-state index in [-0.39, 0.29) is 5.91 Å². The highest BCUT2D eigenvalue weighted by Gasteiger charge is 2.23. The van der Waals surface area contributed by atoms with Gasteiger partial charge in [-0.2, -0.15) is 0 Å². The van der Waals surface area contributed by atoms with E-state index in [1.165, 1.54) is 0 Å². The fourth-order valence-electron chi connectivity index (χ4n) is 3.13. The second-order valence-corrected chi connectivity index (χ2v) is 6.53. The monoisotopic (exact) mass is 363 g/mol. The largest absolute Gasteiger partial charge is 0.496 e. The summed E-state index contributed by atoms with van der Waals surface area (Å²) in [5, 5.41) is 2.25. The van der Waals surface area contributed by atoms with Gasteiger partial charge in [-0.1, -0.05) is 55.5 Å². The Kier molecular flexibility index (Phi) is 5.97. The van der Waals surface area contributed by atoms with Crippen LogP contribution in [0.15, 0.2) is 66.7 Å². The number of para-hydroxylation sites is 1. The van der Waals surface area contributed by atoms with Gasteiger partial charge in [0.1, 0.15) is 11.5 Å². The van der Waals surface area contributed by atoms with Crippen molar-refractivity contribution in [3.63, 3.8) is 0 Å². The van der Waals surface area contributed by atoms with Crippen LogP contribution in [0.25, 0.3) is 10.8 Å². The lowest BCUT2D eigenvalue weighted by molar-refractivity contribution is -0.138. The number of ether oxygens (including phenoxy) is 2. The number of carbonyl (C=O) groups excluding carboxylic acids is 1. The van der Waals surface area contributed by atoms with Gasteiger partial charge in [0.25, 0.3) is 5.91 Å². The molecule has 0 unspecified atom stereocenters. The third kappa shape index (κ3) is 4.40. The number of nitrogens with zero attached hydrogens (tertiary/aromatic N) is 1. The Balaban J connectivity index is 1.72. The zero-order valence-electron chi connectivity index (χ0n) is 16.0. The van der Waals surface area contributed by atoms with Crippen LogP contribution in [0.1, 0.15) is 18.9 Å². The average Bonchev–Trinajstić information content (AvgIpc) is 2.71. The lowest BCUT2D eigenvalue weighted by Crippen LogP contribution is -2.39. The molecule has 4 nitrogen and oxygen atoms in total. The molecule has 0 radical (unpaired) electrons. The first-order valence-corrected chi connectivity index (χ1v) is 9.14. The quantitative estimate of drug-likeness (QED) is 0.613. The van der Waals surface area contributed by atoms with Crippen molar-refractivity contribution in [2.45, 2.75) is 26.0 Å². The molecular weight excluding hydrogens is 338 g/mol. The summed E-state index contributed by atoms with van der Waals surface area (Å²) in [5.41, 5.74) is 0.969. The van der Waals surface area contributed by atoms with Crippen molar-refractivity contribution < 1.29 is 14.3 Å². The van der Waals surface area contributed by atoms with Gasteiger partial charge in [0.15, 0.2) is 6.10 Å². The number of hydrogen-bond acceptors (Lipinski definition) is 3. The molecule has 0 saturated heterocycles. The molecule has 0 heterocycles. The molecule has 3 aromatic rings. The van der Waals surface area contributed by atoms with Gasteiger partial charge in [-0.3, -0.25) is 4.79 Å². The van der Waals surface area contributed by atoms with Crippen molar-refractivity contribution in [3.8, 4) is 11.5 Å². The van der Waals surface area contributed by atoms with Gasteiger partial charge < -0.3 is 14.4 Å². The summed E-state index contributed by atoms with van der Waals surface area (Å²) in [6.45, 7) is 2.43. The molecular formula is C23H25NO3. The van der Waals surface area contributed by atoms with E-state index in [9.17, 15) is 4.79 Å². The third-order valence-corrected chi connectivity index (χ3v) is 4.62. The Morgan fingerprint density at radius 1 is 1.00 bits per heavy atom. The Hall–Kier alpha value is -3.01. The van der Waals surface area contributed by atoms with Crippen molar-refractivity contribution in [1.82, 2.24) is 4.90 Å². The lowest BCUT2D eigenvalue weighted by atomic mass is 10.1. The van der Waals surface area contributed by atoms with Gasteiger partial charge in [-0.25, -0.2) is 0 Å². The van der Waals surface area contributed by atoms with Crippen molar-refractivity contribution in [2.75, 3.05) is 14.2 Å². The molecule has 0 N–H and O–H groups in total. The van der Waals surface area contributed by atoms with Gasteiger partial charge in [0.2, 0.25) is 0 Å². The zero-order chi connectivity index (χ0) is 19.2. The molecule has 3 rings (SSSR count). The van der Waals surface area contributed by atoms with E-state index < -0.39 is 6.10 Å². The molecule has 0 bridgehead atoms. The van der Waals surface area contributed by atoms with Crippen LogP contribution >= 0.6 is 0 Å². The SMILES string of the molecule is CC[C@@H](Oc1ccc2ccccc2c1)C(=O)N(C)Cc1ccccc1OC. The first-order chi connectivity index (χ1) is 13.1. The average molecular weight is 363 g/mol. The van der Waals surface area contributed by atoms with Crippen LogP contribution in [0.2, 0.25) is 0 Å².